The molecule has 0 aliphatic heterocycles. The van der Waals surface area contributed by atoms with Crippen LogP contribution >= 0.6 is 11.8 Å². The van der Waals surface area contributed by atoms with Crippen molar-refractivity contribution in [2.24, 2.45) is 0 Å². The molecule has 0 aromatic heterocycles. The van der Waals surface area contributed by atoms with Crippen molar-refractivity contribution in [3.05, 3.63) is 23.3 Å². The minimum atomic E-state index is -0.579. The second-order valence-corrected chi connectivity index (χ2v) is 5.89. The van der Waals surface area contributed by atoms with Crippen molar-refractivity contribution in [2.75, 3.05) is 11.9 Å². The molecule has 0 heterocycles. The minimum absolute atomic E-state index is 0.0270. The van der Waals surface area contributed by atoms with Gasteiger partial charge in [0.1, 0.15) is 11.2 Å². The molecule has 0 unspecified atom stereocenters. The Balaban J connectivity index is 2.59. The van der Waals surface area contributed by atoms with Crippen molar-refractivity contribution in [1.29, 1.82) is 5.26 Å². The van der Waals surface area contributed by atoms with Crippen molar-refractivity contribution in [3.8, 4) is 5.40 Å². The molecule has 0 bridgehead atoms. The Bertz CT molecular complexity index is 642. The van der Waals surface area contributed by atoms with Crippen molar-refractivity contribution >= 4 is 35.1 Å². The molecular formula is C16H18N2O4S. The summed E-state index contributed by atoms with van der Waals surface area (Å²) < 4.78 is 4.82. The van der Waals surface area contributed by atoms with Crippen LogP contribution in [0.5, 0.6) is 0 Å². The van der Waals surface area contributed by atoms with Crippen LogP contribution in [0.25, 0.3) is 0 Å². The number of hydrogen-bond donors (Lipinski definition) is 1. The maximum absolute atomic E-state index is 11.9. The number of benzene rings is 1. The van der Waals surface area contributed by atoms with Crippen molar-refractivity contribution in [1.82, 2.24) is 0 Å². The standard InChI is InChI=1S/C16H18N2O4S/c1-10-6-13(23-9-17)7-11(2)16(10)18-14(20)8-22-15(21)5-4-12(3)19/h6-7H,4-5,8H2,1-3H3,(H,18,20). The lowest BCUT2D eigenvalue weighted by molar-refractivity contribution is -0.148. The van der Waals surface area contributed by atoms with Crippen molar-refractivity contribution < 1.29 is 19.1 Å². The van der Waals surface area contributed by atoms with Gasteiger partial charge in [0.25, 0.3) is 5.91 Å². The molecule has 1 N–H and O–H groups in total. The van der Waals surface area contributed by atoms with Crippen LogP contribution in [0.4, 0.5) is 5.69 Å². The van der Waals surface area contributed by atoms with Gasteiger partial charge in [0.05, 0.1) is 6.42 Å². The Labute approximate surface area is 139 Å². The second-order valence-electron chi connectivity index (χ2n) is 5.04. The average molecular weight is 334 g/mol. The van der Waals surface area contributed by atoms with E-state index in [1.807, 2.05) is 19.2 Å². The van der Waals surface area contributed by atoms with Gasteiger partial charge in [-0.2, -0.15) is 5.26 Å². The van der Waals surface area contributed by atoms with E-state index < -0.39 is 18.5 Å². The van der Waals surface area contributed by atoms with Crippen molar-refractivity contribution in [2.45, 2.75) is 38.5 Å². The van der Waals surface area contributed by atoms with Crippen LogP contribution in [0.2, 0.25) is 0 Å². The lowest BCUT2D eigenvalue weighted by Crippen LogP contribution is -2.22. The lowest BCUT2D eigenvalue weighted by atomic mass is 10.1. The van der Waals surface area contributed by atoms with E-state index in [2.05, 4.69) is 5.32 Å². The van der Waals surface area contributed by atoms with E-state index in [1.165, 1.54) is 6.92 Å². The number of ether oxygens (including phenoxy) is 1. The van der Waals surface area contributed by atoms with Gasteiger partial charge in [-0.05, 0) is 55.8 Å². The van der Waals surface area contributed by atoms with E-state index in [1.54, 1.807) is 12.1 Å². The van der Waals surface area contributed by atoms with E-state index in [0.717, 1.165) is 27.8 Å². The summed E-state index contributed by atoms with van der Waals surface area (Å²) in [5.74, 6) is -1.13. The molecule has 1 amide bonds. The SMILES string of the molecule is CC(=O)CCC(=O)OCC(=O)Nc1c(C)cc(SC#N)cc1C. The predicted molar refractivity (Wildman–Crippen MR) is 86.9 cm³/mol. The number of amides is 1. The first kappa shape index (κ1) is 18.7. The third kappa shape index (κ3) is 6.53. The number of rotatable bonds is 7. The molecule has 7 heteroatoms. The fraction of sp³-hybridized carbons (Fsp3) is 0.375. The van der Waals surface area contributed by atoms with E-state index >= 15 is 0 Å². The normalized spacial score (nSPS) is 9.83. The lowest BCUT2D eigenvalue weighted by Gasteiger charge is -2.13. The fourth-order valence-corrected chi connectivity index (χ4v) is 2.48. The monoisotopic (exact) mass is 334 g/mol. The topological polar surface area (TPSA) is 96.3 Å². The van der Waals surface area contributed by atoms with Crippen LogP contribution in [0.3, 0.4) is 0 Å². The van der Waals surface area contributed by atoms with Gasteiger partial charge in [0.2, 0.25) is 0 Å². The zero-order valence-electron chi connectivity index (χ0n) is 13.3. The third-order valence-electron chi connectivity index (χ3n) is 2.98. The molecule has 0 atom stereocenters. The van der Waals surface area contributed by atoms with Crippen LogP contribution < -0.4 is 5.32 Å². The molecule has 0 spiro atoms. The van der Waals surface area contributed by atoms with Crippen LogP contribution in [0.1, 0.15) is 30.9 Å². The fourth-order valence-electron chi connectivity index (χ4n) is 1.90. The molecule has 1 aromatic carbocycles. The number of anilines is 1. The Hall–Kier alpha value is -2.33. The first-order chi connectivity index (χ1) is 10.8. The highest BCUT2D eigenvalue weighted by Crippen LogP contribution is 2.27. The molecule has 0 aliphatic carbocycles. The molecule has 0 fully saturated rings. The number of esters is 1. The Morgan fingerprint density at radius 3 is 2.35 bits per heavy atom. The first-order valence-corrected chi connectivity index (χ1v) is 7.77. The zero-order valence-corrected chi connectivity index (χ0v) is 14.1. The van der Waals surface area contributed by atoms with Crippen LogP contribution in [-0.4, -0.2) is 24.3 Å². The largest absolute Gasteiger partial charge is 0.456 e. The van der Waals surface area contributed by atoms with Gasteiger partial charge in [0, 0.05) is 17.0 Å². The highest BCUT2D eigenvalue weighted by Gasteiger charge is 2.12. The number of nitrogens with one attached hydrogen (secondary N) is 1. The zero-order chi connectivity index (χ0) is 17.4. The molecular weight excluding hydrogens is 316 g/mol. The van der Waals surface area contributed by atoms with Crippen LogP contribution in [0.15, 0.2) is 17.0 Å². The maximum atomic E-state index is 11.9. The number of carbonyl (C=O) groups excluding carboxylic acids is 3. The predicted octanol–water partition coefficient (Wildman–Crippen LogP) is 2.73. The van der Waals surface area contributed by atoms with Gasteiger partial charge in [0.15, 0.2) is 6.61 Å². The molecule has 23 heavy (non-hydrogen) atoms. The number of thioether (sulfide) groups is 1. The average Bonchev–Trinajstić information content (AvgIpc) is 2.47. The van der Waals surface area contributed by atoms with Gasteiger partial charge in [-0.15, -0.1) is 0 Å². The third-order valence-corrected chi connectivity index (χ3v) is 3.54. The Morgan fingerprint density at radius 1 is 1.22 bits per heavy atom. The summed E-state index contributed by atoms with van der Waals surface area (Å²) >= 11 is 1.05. The summed E-state index contributed by atoms with van der Waals surface area (Å²) in [7, 11) is 0. The minimum Gasteiger partial charge on any atom is -0.456 e. The van der Waals surface area contributed by atoms with Crippen LogP contribution in [-0.2, 0) is 19.1 Å². The molecule has 0 aliphatic rings. The molecule has 0 saturated carbocycles. The highest BCUT2D eigenvalue weighted by molar-refractivity contribution is 8.03. The second kappa shape index (κ2) is 8.96. The Kier molecular flexibility index (Phi) is 7.29. The number of ketones is 1. The summed E-state index contributed by atoms with van der Waals surface area (Å²) in [5.41, 5.74) is 2.27. The van der Waals surface area contributed by atoms with Crippen LogP contribution in [0, 0.1) is 24.5 Å². The van der Waals surface area contributed by atoms with E-state index in [-0.39, 0.29) is 18.6 Å². The molecule has 122 valence electrons. The van der Waals surface area contributed by atoms with E-state index in [9.17, 15) is 14.4 Å². The number of Topliss-reactive ketones (excluding diaryl/α,β-unsaturated/α-hetero) is 1. The van der Waals surface area contributed by atoms with Gasteiger partial charge in [-0.3, -0.25) is 9.59 Å². The molecule has 0 radical (unpaired) electrons. The Morgan fingerprint density at radius 2 is 1.83 bits per heavy atom. The smallest absolute Gasteiger partial charge is 0.306 e. The summed E-state index contributed by atoms with van der Waals surface area (Å²) in [4.78, 5) is 34.8. The van der Waals surface area contributed by atoms with Gasteiger partial charge in [-0.25, -0.2) is 0 Å². The number of carbonyl (C=O) groups is 3. The van der Waals surface area contributed by atoms with E-state index in [0.29, 0.717) is 5.69 Å². The highest BCUT2D eigenvalue weighted by atomic mass is 32.2. The van der Waals surface area contributed by atoms with Crippen molar-refractivity contribution in [3.63, 3.8) is 0 Å². The molecule has 1 aromatic rings. The summed E-state index contributed by atoms with van der Waals surface area (Å²) in [6, 6.07) is 3.60. The first-order valence-electron chi connectivity index (χ1n) is 6.95. The molecule has 1 rings (SSSR count). The van der Waals surface area contributed by atoms with Gasteiger partial charge in [-0.1, -0.05) is 0 Å². The number of nitrogens with zero attached hydrogens (tertiary/aromatic N) is 1. The number of thiocyanates is 1. The summed E-state index contributed by atoms with van der Waals surface area (Å²) in [5, 5.41) is 13.4. The number of hydrogen-bond acceptors (Lipinski definition) is 6. The maximum Gasteiger partial charge on any atom is 0.306 e. The van der Waals surface area contributed by atoms with Gasteiger partial charge < -0.3 is 14.8 Å². The molecule has 0 saturated heterocycles. The number of aryl methyl sites for hydroxylation is 2. The van der Waals surface area contributed by atoms with E-state index in [4.69, 9.17) is 10.00 Å². The molecule has 6 nitrogen and oxygen atoms in total. The quantitative estimate of drug-likeness (QED) is 0.468. The summed E-state index contributed by atoms with van der Waals surface area (Å²) in [6.07, 6.45) is 0.0808. The number of nitriles is 1. The summed E-state index contributed by atoms with van der Waals surface area (Å²) in [6.45, 7) is 4.63. The van der Waals surface area contributed by atoms with Gasteiger partial charge >= 0.3 is 5.97 Å².